The molecule has 1 fully saturated rings. The molecule has 0 atom stereocenters. The predicted octanol–water partition coefficient (Wildman–Crippen LogP) is 3.34. The summed E-state index contributed by atoms with van der Waals surface area (Å²) in [6.45, 7) is 8.45. The molecule has 0 bridgehead atoms. The summed E-state index contributed by atoms with van der Waals surface area (Å²) in [6, 6.07) is 38.0. The van der Waals surface area contributed by atoms with Gasteiger partial charge in [0, 0.05) is 0 Å². The molecular weight excluding hydrogens is 431 g/mol. The van der Waals surface area contributed by atoms with Crippen molar-refractivity contribution in [1.29, 1.82) is 0 Å². The zero-order valence-electron chi connectivity index (χ0n) is 20.2. The second kappa shape index (κ2) is 7.54. The Bertz CT molecular complexity index is 1320. The van der Waals surface area contributed by atoms with Crippen molar-refractivity contribution in [2.45, 2.75) is 38.9 Å². The average Bonchev–Trinajstić information content (AvgIpc) is 3.27. The maximum absolute atomic E-state index is 6.44. The number of rotatable bonds is 3. The van der Waals surface area contributed by atoms with Gasteiger partial charge in [0.15, 0.2) is 8.07 Å². The summed E-state index contributed by atoms with van der Waals surface area (Å²) in [4.78, 5) is 0. The largest absolute Gasteiger partial charge is 0.494 e. The number of benzene rings is 4. The number of hydrogen-bond donors (Lipinski definition) is 0. The molecule has 2 heterocycles. The zero-order valence-corrected chi connectivity index (χ0v) is 21.2. The third-order valence-corrected chi connectivity index (χ3v) is 12.9. The van der Waals surface area contributed by atoms with Crippen molar-refractivity contribution in [3.8, 4) is 11.1 Å². The van der Waals surface area contributed by atoms with Crippen LogP contribution in [-0.4, -0.2) is 26.4 Å². The van der Waals surface area contributed by atoms with Crippen LogP contribution in [0.25, 0.3) is 11.1 Å². The van der Waals surface area contributed by atoms with Crippen molar-refractivity contribution in [3.63, 3.8) is 0 Å². The molecule has 0 N–H and O–H groups in total. The van der Waals surface area contributed by atoms with Crippen LogP contribution < -0.4 is 26.2 Å². The summed E-state index contributed by atoms with van der Waals surface area (Å²) in [7, 11) is -2.87. The fraction of sp³-hybridized carbons (Fsp3) is 0.200. The Kier molecular flexibility index (Phi) is 4.79. The van der Waals surface area contributed by atoms with Gasteiger partial charge in [0.25, 0.3) is 0 Å². The van der Waals surface area contributed by atoms with Crippen LogP contribution in [0.3, 0.4) is 0 Å². The molecule has 6 rings (SSSR count). The first-order valence-electron chi connectivity index (χ1n) is 12.1. The van der Waals surface area contributed by atoms with Crippen LogP contribution in [0.5, 0.6) is 0 Å². The lowest BCUT2D eigenvalue weighted by Gasteiger charge is -2.32. The van der Waals surface area contributed by atoms with Crippen molar-refractivity contribution in [3.05, 3.63) is 103 Å². The molecule has 2 nitrogen and oxygen atoms in total. The van der Waals surface area contributed by atoms with Crippen molar-refractivity contribution in [2.75, 3.05) is 0 Å². The molecule has 2 aliphatic heterocycles. The summed E-state index contributed by atoms with van der Waals surface area (Å²) in [6.07, 6.45) is 0. The van der Waals surface area contributed by atoms with E-state index in [0.29, 0.717) is 0 Å². The summed E-state index contributed by atoms with van der Waals surface area (Å²) in [5.41, 5.74) is 3.06. The lowest BCUT2D eigenvalue weighted by atomic mass is 9.79. The lowest BCUT2D eigenvalue weighted by molar-refractivity contribution is 0.00578. The van der Waals surface area contributed by atoms with E-state index in [-0.39, 0.29) is 18.3 Å². The molecule has 0 amide bonds. The van der Waals surface area contributed by atoms with Crippen LogP contribution in [0.1, 0.15) is 27.7 Å². The number of hydrogen-bond acceptors (Lipinski definition) is 2. The van der Waals surface area contributed by atoms with E-state index in [1.807, 2.05) is 0 Å². The smallest absolute Gasteiger partial charge is 0.399 e. The molecule has 2 aliphatic rings. The summed E-state index contributed by atoms with van der Waals surface area (Å²) >= 11 is 0. The third-order valence-electron chi connectivity index (χ3n) is 8.00. The van der Waals surface area contributed by atoms with Gasteiger partial charge in [-0.15, -0.1) is 0 Å². The van der Waals surface area contributed by atoms with E-state index in [1.165, 1.54) is 31.9 Å². The standard InChI is InChI=1S/C30H29BO2Si/c1-29(2)30(3,4)33-31(32-29)22-13-12-16-24(21-22)34(23-14-6-5-7-15-23)27-19-10-8-17-25(27)26-18-9-11-20-28(26)34/h5-21H,1-4H3. The molecule has 0 spiro atoms. The van der Waals surface area contributed by atoms with Crippen molar-refractivity contribution < 1.29 is 9.31 Å². The molecule has 0 aliphatic carbocycles. The highest BCUT2D eigenvalue weighted by atomic mass is 28.3. The van der Waals surface area contributed by atoms with E-state index in [2.05, 4.69) is 131 Å². The second-order valence-electron chi connectivity index (χ2n) is 10.4. The fourth-order valence-electron chi connectivity index (χ4n) is 5.61. The zero-order chi connectivity index (χ0) is 23.6. The van der Waals surface area contributed by atoms with E-state index in [1.54, 1.807) is 0 Å². The maximum atomic E-state index is 6.44. The minimum Gasteiger partial charge on any atom is -0.399 e. The Morgan fingerprint density at radius 1 is 0.559 bits per heavy atom. The Morgan fingerprint density at radius 3 is 1.65 bits per heavy atom. The van der Waals surface area contributed by atoms with Crippen molar-refractivity contribution >= 4 is 41.4 Å². The summed E-state index contributed by atoms with van der Waals surface area (Å²) in [5.74, 6) is 0. The van der Waals surface area contributed by atoms with Gasteiger partial charge >= 0.3 is 7.12 Å². The minimum atomic E-state index is -2.49. The highest BCUT2D eigenvalue weighted by Crippen LogP contribution is 2.36. The molecule has 1 saturated heterocycles. The topological polar surface area (TPSA) is 18.5 Å². The van der Waals surface area contributed by atoms with E-state index < -0.39 is 8.07 Å². The first-order chi connectivity index (χ1) is 16.3. The minimum absolute atomic E-state index is 0.366. The van der Waals surface area contributed by atoms with Crippen LogP contribution >= 0.6 is 0 Å². The van der Waals surface area contributed by atoms with Crippen LogP contribution in [0.4, 0.5) is 0 Å². The van der Waals surface area contributed by atoms with Gasteiger partial charge in [-0.2, -0.15) is 0 Å². The Balaban J connectivity index is 1.61. The molecule has 34 heavy (non-hydrogen) atoms. The molecule has 0 radical (unpaired) electrons. The van der Waals surface area contributed by atoms with E-state index >= 15 is 0 Å². The van der Waals surface area contributed by atoms with E-state index in [9.17, 15) is 0 Å². The van der Waals surface area contributed by atoms with E-state index in [4.69, 9.17) is 9.31 Å². The quantitative estimate of drug-likeness (QED) is 0.385. The van der Waals surface area contributed by atoms with Crippen LogP contribution in [-0.2, 0) is 9.31 Å². The number of fused-ring (bicyclic) bond motifs is 3. The fourth-order valence-corrected chi connectivity index (χ4v) is 10.8. The lowest BCUT2D eigenvalue weighted by Crippen LogP contribution is -2.73. The normalized spacial score (nSPS) is 19.0. The summed E-state index contributed by atoms with van der Waals surface area (Å²) < 4.78 is 12.9. The predicted molar refractivity (Wildman–Crippen MR) is 145 cm³/mol. The molecule has 4 aromatic carbocycles. The van der Waals surface area contributed by atoms with Crippen molar-refractivity contribution in [2.24, 2.45) is 0 Å². The molecule has 0 unspecified atom stereocenters. The molecule has 0 saturated carbocycles. The average molecular weight is 460 g/mol. The van der Waals surface area contributed by atoms with Crippen molar-refractivity contribution in [1.82, 2.24) is 0 Å². The van der Waals surface area contributed by atoms with Gasteiger partial charge in [-0.05, 0) is 65.0 Å². The van der Waals surface area contributed by atoms with E-state index in [0.717, 1.165) is 5.46 Å². The Hall–Kier alpha value is -2.92. The van der Waals surface area contributed by atoms with Gasteiger partial charge in [-0.25, -0.2) is 0 Å². The highest BCUT2D eigenvalue weighted by molar-refractivity contribution is 7.22. The first-order valence-corrected chi connectivity index (χ1v) is 14.1. The van der Waals surface area contributed by atoms with Crippen LogP contribution in [0.2, 0.25) is 0 Å². The molecule has 168 valence electrons. The van der Waals surface area contributed by atoms with Gasteiger partial charge in [0.05, 0.1) is 11.2 Å². The van der Waals surface area contributed by atoms with Gasteiger partial charge in [0.1, 0.15) is 0 Å². The Morgan fingerprint density at radius 2 is 1.06 bits per heavy atom. The molecule has 4 heteroatoms. The highest BCUT2D eigenvalue weighted by Gasteiger charge is 2.53. The van der Waals surface area contributed by atoms with Gasteiger partial charge in [0.2, 0.25) is 0 Å². The van der Waals surface area contributed by atoms with Gasteiger partial charge < -0.3 is 9.31 Å². The van der Waals surface area contributed by atoms with Gasteiger partial charge in [-0.3, -0.25) is 0 Å². The van der Waals surface area contributed by atoms with Crippen LogP contribution in [0, 0.1) is 0 Å². The first kappa shape index (κ1) is 21.6. The third kappa shape index (κ3) is 2.96. The molecule has 0 aromatic heterocycles. The molecular formula is C30H29BO2Si. The Labute approximate surface area is 203 Å². The van der Waals surface area contributed by atoms with Crippen LogP contribution in [0.15, 0.2) is 103 Å². The molecule has 4 aromatic rings. The maximum Gasteiger partial charge on any atom is 0.494 e. The monoisotopic (exact) mass is 460 g/mol. The SMILES string of the molecule is CC1(C)OB(c2cccc([Si]3(c4ccccc4)c4ccccc4-c4ccccc43)c2)OC1(C)C. The van der Waals surface area contributed by atoms with Gasteiger partial charge in [-0.1, -0.05) is 103 Å². The second-order valence-corrected chi connectivity index (χ2v) is 14.2. The summed E-state index contributed by atoms with van der Waals surface area (Å²) in [5, 5.41) is 5.67.